The van der Waals surface area contributed by atoms with Crippen LogP contribution in [0.5, 0.6) is 0 Å². The van der Waals surface area contributed by atoms with Crippen LogP contribution in [0.15, 0.2) is 24.3 Å². The van der Waals surface area contributed by atoms with Crippen molar-refractivity contribution in [2.45, 2.75) is 33.6 Å². The summed E-state index contributed by atoms with van der Waals surface area (Å²) in [7, 11) is 0. The van der Waals surface area contributed by atoms with Gasteiger partial charge in [0, 0.05) is 50.9 Å². The molecule has 2 saturated heterocycles. The van der Waals surface area contributed by atoms with Crippen LogP contribution < -0.4 is 9.80 Å². The van der Waals surface area contributed by atoms with E-state index in [9.17, 15) is 4.79 Å². The average Bonchev–Trinajstić information content (AvgIpc) is 3.22. The summed E-state index contributed by atoms with van der Waals surface area (Å²) in [6, 6.07) is 8.16. The molecule has 6 nitrogen and oxygen atoms in total. The highest BCUT2D eigenvalue weighted by atomic mass is 16.2. The van der Waals surface area contributed by atoms with Gasteiger partial charge in [0.25, 0.3) is 5.91 Å². The van der Waals surface area contributed by atoms with Crippen LogP contribution in [-0.4, -0.2) is 60.0 Å². The molecule has 2 aromatic rings. The number of anilines is 2. The SMILES string of the molecule is Cc1ccc(C(=O)N2CCN(c3cc(N4CCCC4)nc(C)n3)CC2)c(C)c1. The molecule has 0 atom stereocenters. The van der Waals surface area contributed by atoms with Crippen molar-refractivity contribution >= 4 is 17.5 Å². The highest BCUT2D eigenvalue weighted by Crippen LogP contribution is 2.24. The van der Waals surface area contributed by atoms with Gasteiger partial charge in [0.15, 0.2) is 0 Å². The molecule has 0 spiro atoms. The van der Waals surface area contributed by atoms with Crippen molar-refractivity contribution in [3.63, 3.8) is 0 Å². The van der Waals surface area contributed by atoms with Crippen molar-refractivity contribution in [1.29, 1.82) is 0 Å². The lowest BCUT2D eigenvalue weighted by atomic mass is 10.0. The number of hydrogen-bond donors (Lipinski definition) is 0. The van der Waals surface area contributed by atoms with Gasteiger partial charge in [0.1, 0.15) is 17.5 Å². The molecule has 148 valence electrons. The first-order valence-corrected chi connectivity index (χ1v) is 10.2. The van der Waals surface area contributed by atoms with Crippen molar-refractivity contribution in [3.8, 4) is 0 Å². The van der Waals surface area contributed by atoms with E-state index >= 15 is 0 Å². The minimum Gasteiger partial charge on any atom is -0.356 e. The van der Waals surface area contributed by atoms with Crippen LogP contribution in [0, 0.1) is 20.8 Å². The first-order valence-electron chi connectivity index (χ1n) is 10.2. The molecule has 0 aliphatic carbocycles. The maximum atomic E-state index is 12.9. The molecule has 1 amide bonds. The predicted octanol–water partition coefficient (Wildman–Crippen LogP) is 2.96. The van der Waals surface area contributed by atoms with Gasteiger partial charge >= 0.3 is 0 Å². The van der Waals surface area contributed by atoms with E-state index < -0.39 is 0 Å². The summed E-state index contributed by atoms with van der Waals surface area (Å²) in [5, 5.41) is 0. The molecule has 1 aromatic carbocycles. The van der Waals surface area contributed by atoms with Crippen molar-refractivity contribution in [2.75, 3.05) is 49.1 Å². The van der Waals surface area contributed by atoms with Gasteiger partial charge in [-0.2, -0.15) is 0 Å². The number of nitrogens with zero attached hydrogens (tertiary/aromatic N) is 5. The number of benzene rings is 1. The van der Waals surface area contributed by atoms with Gasteiger partial charge in [0.2, 0.25) is 0 Å². The zero-order valence-electron chi connectivity index (χ0n) is 17.1. The van der Waals surface area contributed by atoms with E-state index in [1.165, 1.54) is 18.4 Å². The molecule has 28 heavy (non-hydrogen) atoms. The van der Waals surface area contributed by atoms with Gasteiger partial charge in [-0.1, -0.05) is 17.7 Å². The summed E-state index contributed by atoms with van der Waals surface area (Å²) in [6.07, 6.45) is 2.47. The number of hydrogen-bond acceptors (Lipinski definition) is 5. The van der Waals surface area contributed by atoms with E-state index in [-0.39, 0.29) is 5.91 Å². The number of carbonyl (C=O) groups is 1. The molecule has 0 N–H and O–H groups in total. The molecule has 0 saturated carbocycles. The highest BCUT2D eigenvalue weighted by molar-refractivity contribution is 5.95. The zero-order valence-corrected chi connectivity index (χ0v) is 17.1. The van der Waals surface area contributed by atoms with Crippen molar-refractivity contribution < 1.29 is 4.79 Å². The average molecular weight is 380 g/mol. The van der Waals surface area contributed by atoms with Gasteiger partial charge in [-0.3, -0.25) is 4.79 Å². The first-order chi connectivity index (χ1) is 13.5. The minimum absolute atomic E-state index is 0.133. The van der Waals surface area contributed by atoms with Gasteiger partial charge in [-0.15, -0.1) is 0 Å². The van der Waals surface area contributed by atoms with Crippen LogP contribution in [0.2, 0.25) is 0 Å². The lowest BCUT2D eigenvalue weighted by molar-refractivity contribution is 0.0745. The van der Waals surface area contributed by atoms with Crippen LogP contribution in [0.1, 0.15) is 40.2 Å². The third-order valence-electron chi connectivity index (χ3n) is 5.74. The van der Waals surface area contributed by atoms with Crippen LogP contribution in [0.4, 0.5) is 11.6 Å². The molecule has 0 unspecified atom stereocenters. The van der Waals surface area contributed by atoms with Crippen molar-refractivity contribution in [3.05, 3.63) is 46.8 Å². The Kier molecular flexibility index (Phi) is 5.20. The molecule has 1 aromatic heterocycles. The summed E-state index contributed by atoms with van der Waals surface area (Å²) >= 11 is 0. The van der Waals surface area contributed by atoms with Crippen molar-refractivity contribution in [2.24, 2.45) is 0 Å². The van der Waals surface area contributed by atoms with Gasteiger partial charge < -0.3 is 14.7 Å². The number of aryl methyl sites for hydroxylation is 3. The third-order valence-corrected chi connectivity index (χ3v) is 5.74. The van der Waals surface area contributed by atoms with E-state index in [4.69, 9.17) is 0 Å². The highest BCUT2D eigenvalue weighted by Gasteiger charge is 2.25. The minimum atomic E-state index is 0.133. The number of aromatic nitrogens is 2. The van der Waals surface area contributed by atoms with E-state index in [2.05, 4.69) is 38.8 Å². The molecule has 2 fully saturated rings. The fourth-order valence-corrected chi connectivity index (χ4v) is 4.17. The third kappa shape index (κ3) is 3.81. The second-order valence-electron chi connectivity index (χ2n) is 7.92. The Hall–Kier alpha value is -2.63. The van der Waals surface area contributed by atoms with E-state index in [0.717, 1.165) is 54.8 Å². The molecular formula is C22H29N5O. The lowest BCUT2D eigenvalue weighted by Gasteiger charge is -2.36. The maximum absolute atomic E-state index is 12.9. The summed E-state index contributed by atoms with van der Waals surface area (Å²) in [5.41, 5.74) is 3.05. The Morgan fingerprint density at radius 2 is 1.43 bits per heavy atom. The monoisotopic (exact) mass is 379 g/mol. The molecule has 2 aliphatic heterocycles. The second kappa shape index (κ2) is 7.78. The molecule has 0 bridgehead atoms. The standard InChI is InChI=1S/C22H29N5O/c1-16-6-7-19(17(2)14-16)22(28)27-12-10-26(11-13-27)21-15-20(23-18(3)24-21)25-8-4-5-9-25/h6-7,14-15H,4-5,8-13H2,1-3H3. The Labute approximate surface area is 167 Å². The molecule has 0 radical (unpaired) electrons. The Balaban J connectivity index is 1.44. The van der Waals surface area contributed by atoms with Gasteiger partial charge in [-0.25, -0.2) is 9.97 Å². The Morgan fingerprint density at radius 3 is 2.04 bits per heavy atom. The van der Waals surface area contributed by atoms with Crippen LogP contribution in [-0.2, 0) is 0 Å². The first kappa shape index (κ1) is 18.7. The van der Waals surface area contributed by atoms with E-state index in [1.807, 2.05) is 30.9 Å². The summed E-state index contributed by atoms with van der Waals surface area (Å²) < 4.78 is 0. The number of rotatable bonds is 3. The molecule has 2 aliphatic rings. The molecule has 6 heteroatoms. The van der Waals surface area contributed by atoms with Gasteiger partial charge in [0.05, 0.1) is 0 Å². The number of amides is 1. The van der Waals surface area contributed by atoms with E-state index in [1.54, 1.807) is 0 Å². The zero-order chi connectivity index (χ0) is 19.7. The topological polar surface area (TPSA) is 52.6 Å². The van der Waals surface area contributed by atoms with Gasteiger partial charge in [-0.05, 0) is 45.2 Å². The summed E-state index contributed by atoms with van der Waals surface area (Å²) in [4.78, 5) is 28.8. The number of piperazine rings is 1. The van der Waals surface area contributed by atoms with Crippen LogP contribution in [0.3, 0.4) is 0 Å². The maximum Gasteiger partial charge on any atom is 0.254 e. The molecule has 4 rings (SSSR count). The molecule has 3 heterocycles. The summed E-state index contributed by atoms with van der Waals surface area (Å²) in [5.74, 6) is 2.96. The van der Waals surface area contributed by atoms with Crippen LogP contribution >= 0.6 is 0 Å². The second-order valence-corrected chi connectivity index (χ2v) is 7.92. The normalized spacial score (nSPS) is 17.3. The molecular weight excluding hydrogens is 350 g/mol. The van der Waals surface area contributed by atoms with Crippen LogP contribution in [0.25, 0.3) is 0 Å². The fourth-order valence-electron chi connectivity index (χ4n) is 4.17. The van der Waals surface area contributed by atoms with Crippen molar-refractivity contribution in [1.82, 2.24) is 14.9 Å². The lowest BCUT2D eigenvalue weighted by Crippen LogP contribution is -2.49. The smallest absolute Gasteiger partial charge is 0.254 e. The number of carbonyl (C=O) groups excluding carboxylic acids is 1. The summed E-state index contributed by atoms with van der Waals surface area (Å²) in [6.45, 7) is 11.2. The Bertz CT molecular complexity index is 867. The fraction of sp³-hybridized carbons (Fsp3) is 0.500. The largest absolute Gasteiger partial charge is 0.356 e. The quantitative estimate of drug-likeness (QED) is 0.821. The van der Waals surface area contributed by atoms with E-state index in [0.29, 0.717) is 13.1 Å². The Morgan fingerprint density at radius 1 is 0.821 bits per heavy atom. The predicted molar refractivity (Wildman–Crippen MR) is 112 cm³/mol.